The number of halogens is 1. The third-order valence-corrected chi connectivity index (χ3v) is 5.41. The lowest BCUT2D eigenvalue weighted by Crippen LogP contribution is -2.48. The van der Waals surface area contributed by atoms with Gasteiger partial charge in [-0.1, -0.05) is 28.1 Å². The van der Waals surface area contributed by atoms with Crippen LogP contribution in [0.1, 0.15) is 24.8 Å². The van der Waals surface area contributed by atoms with Crippen LogP contribution in [0.25, 0.3) is 0 Å². The molecule has 0 aromatic heterocycles. The number of aliphatic hydroxyl groups is 1. The van der Waals surface area contributed by atoms with Crippen LogP contribution in [0.3, 0.4) is 0 Å². The van der Waals surface area contributed by atoms with Gasteiger partial charge in [-0.05, 0) is 37.0 Å². The van der Waals surface area contributed by atoms with E-state index in [-0.39, 0.29) is 17.4 Å². The molecule has 2 aliphatic heterocycles. The van der Waals surface area contributed by atoms with Gasteiger partial charge in [0.2, 0.25) is 5.91 Å². The highest BCUT2D eigenvalue weighted by atomic mass is 79.9. The van der Waals surface area contributed by atoms with Crippen molar-refractivity contribution in [3.8, 4) is 0 Å². The van der Waals surface area contributed by atoms with Gasteiger partial charge in [0, 0.05) is 36.2 Å². The molecule has 23 heavy (non-hydrogen) atoms. The van der Waals surface area contributed by atoms with Gasteiger partial charge in [0.25, 0.3) is 0 Å². The molecule has 0 radical (unpaired) electrons. The number of rotatable bonds is 4. The Balaban J connectivity index is 1.71. The topological polar surface area (TPSA) is 70.6 Å². The molecule has 0 saturated carbocycles. The van der Waals surface area contributed by atoms with Crippen LogP contribution in [0.5, 0.6) is 0 Å². The summed E-state index contributed by atoms with van der Waals surface area (Å²) in [6.45, 7) is 2.51. The van der Waals surface area contributed by atoms with Crippen molar-refractivity contribution in [2.75, 3.05) is 26.3 Å². The van der Waals surface area contributed by atoms with E-state index in [9.17, 15) is 9.90 Å². The van der Waals surface area contributed by atoms with E-state index in [1.165, 1.54) is 5.56 Å². The monoisotopic (exact) mass is 382 g/mol. The van der Waals surface area contributed by atoms with Crippen molar-refractivity contribution in [3.63, 3.8) is 0 Å². The standard InChI is InChI=1S/C17H23BrN2O3/c18-13-3-1-2-12(8-13)17(4-6-23-7-5-17)11-20-16(22)15-9-14(21)10-19-15/h1-3,8,14-15,19,21H,4-7,9-11H2,(H,20,22). The van der Waals surface area contributed by atoms with E-state index in [0.717, 1.165) is 17.3 Å². The van der Waals surface area contributed by atoms with E-state index in [1.807, 2.05) is 12.1 Å². The molecule has 2 fully saturated rings. The molecular weight excluding hydrogens is 360 g/mol. The Kier molecular flexibility index (Phi) is 5.36. The first-order valence-electron chi connectivity index (χ1n) is 8.12. The minimum atomic E-state index is -0.423. The number of hydrogen-bond donors (Lipinski definition) is 3. The van der Waals surface area contributed by atoms with Crippen molar-refractivity contribution >= 4 is 21.8 Å². The summed E-state index contributed by atoms with van der Waals surface area (Å²) in [5, 5.41) is 15.7. The number of hydrogen-bond acceptors (Lipinski definition) is 4. The molecule has 1 aromatic rings. The highest BCUT2D eigenvalue weighted by molar-refractivity contribution is 9.10. The maximum atomic E-state index is 12.3. The third kappa shape index (κ3) is 3.94. The molecule has 0 spiro atoms. The maximum Gasteiger partial charge on any atom is 0.237 e. The van der Waals surface area contributed by atoms with Gasteiger partial charge in [-0.2, -0.15) is 0 Å². The molecule has 2 heterocycles. The average Bonchev–Trinajstić information content (AvgIpc) is 3.00. The summed E-state index contributed by atoms with van der Waals surface area (Å²) in [5.74, 6) is -0.0255. The van der Waals surface area contributed by atoms with Gasteiger partial charge in [-0.3, -0.25) is 4.79 Å². The van der Waals surface area contributed by atoms with Crippen LogP contribution < -0.4 is 10.6 Å². The van der Waals surface area contributed by atoms with E-state index < -0.39 is 6.10 Å². The van der Waals surface area contributed by atoms with Crippen molar-refractivity contribution in [2.24, 2.45) is 0 Å². The van der Waals surface area contributed by atoms with E-state index in [2.05, 4.69) is 38.7 Å². The molecule has 2 saturated heterocycles. The lowest BCUT2D eigenvalue weighted by Gasteiger charge is -2.38. The van der Waals surface area contributed by atoms with Crippen molar-refractivity contribution in [2.45, 2.75) is 36.8 Å². The smallest absolute Gasteiger partial charge is 0.237 e. The van der Waals surface area contributed by atoms with Gasteiger partial charge in [0.05, 0.1) is 12.1 Å². The lowest BCUT2D eigenvalue weighted by molar-refractivity contribution is -0.123. The number of ether oxygens (including phenoxy) is 1. The Morgan fingerprint density at radius 3 is 2.87 bits per heavy atom. The molecule has 0 bridgehead atoms. The molecule has 0 aliphatic carbocycles. The minimum absolute atomic E-state index is 0.0255. The Labute approximate surface area is 144 Å². The molecule has 3 N–H and O–H groups in total. The average molecular weight is 383 g/mol. The fourth-order valence-corrected chi connectivity index (χ4v) is 3.84. The first-order chi connectivity index (χ1) is 11.1. The molecule has 1 amide bonds. The Morgan fingerprint density at radius 1 is 1.43 bits per heavy atom. The zero-order valence-electron chi connectivity index (χ0n) is 13.1. The quantitative estimate of drug-likeness (QED) is 0.734. The second-order valence-electron chi connectivity index (χ2n) is 6.47. The Hall–Kier alpha value is -0.950. The van der Waals surface area contributed by atoms with Crippen LogP contribution in [0.15, 0.2) is 28.7 Å². The van der Waals surface area contributed by atoms with Crippen LogP contribution >= 0.6 is 15.9 Å². The van der Waals surface area contributed by atoms with Gasteiger partial charge in [0.15, 0.2) is 0 Å². The minimum Gasteiger partial charge on any atom is -0.392 e. The largest absolute Gasteiger partial charge is 0.392 e. The Bertz CT molecular complexity index is 561. The van der Waals surface area contributed by atoms with Crippen LogP contribution in [0.2, 0.25) is 0 Å². The summed E-state index contributed by atoms with van der Waals surface area (Å²) in [5.41, 5.74) is 1.14. The molecule has 2 atom stereocenters. The van der Waals surface area contributed by atoms with E-state index >= 15 is 0 Å². The first-order valence-corrected chi connectivity index (χ1v) is 8.91. The van der Waals surface area contributed by atoms with Crippen molar-refractivity contribution in [3.05, 3.63) is 34.3 Å². The molecular formula is C17H23BrN2O3. The number of amides is 1. The van der Waals surface area contributed by atoms with E-state index in [1.54, 1.807) is 0 Å². The van der Waals surface area contributed by atoms with Gasteiger partial charge in [-0.15, -0.1) is 0 Å². The van der Waals surface area contributed by atoms with Crippen molar-refractivity contribution < 1.29 is 14.6 Å². The SMILES string of the molecule is O=C(NCC1(c2cccc(Br)c2)CCOCC1)C1CC(O)CN1. The fraction of sp³-hybridized carbons (Fsp3) is 0.588. The number of carbonyl (C=O) groups is 1. The van der Waals surface area contributed by atoms with Gasteiger partial charge in [-0.25, -0.2) is 0 Å². The second kappa shape index (κ2) is 7.30. The van der Waals surface area contributed by atoms with E-state index in [4.69, 9.17) is 4.74 Å². The Morgan fingerprint density at radius 2 is 2.22 bits per heavy atom. The molecule has 2 aliphatic rings. The summed E-state index contributed by atoms with van der Waals surface area (Å²) >= 11 is 3.54. The number of β-amino-alcohol motifs (C(OH)–C–C–N with tert-alkyl or cyclic N) is 1. The zero-order chi connectivity index (χ0) is 16.3. The summed E-state index contributed by atoms with van der Waals surface area (Å²) in [6, 6.07) is 8.02. The molecule has 6 heteroatoms. The highest BCUT2D eigenvalue weighted by Gasteiger charge is 2.36. The number of benzene rings is 1. The fourth-order valence-electron chi connectivity index (χ4n) is 3.44. The summed E-state index contributed by atoms with van der Waals surface area (Å²) in [7, 11) is 0. The van der Waals surface area contributed by atoms with Crippen LogP contribution in [-0.2, 0) is 14.9 Å². The molecule has 3 rings (SSSR count). The summed E-state index contributed by atoms with van der Waals surface area (Å²) in [6.07, 6.45) is 1.85. The predicted octanol–water partition coefficient (Wildman–Crippen LogP) is 1.34. The van der Waals surface area contributed by atoms with Crippen LogP contribution in [0.4, 0.5) is 0 Å². The third-order valence-electron chi connectivity index (χ3n) is 4.91. The zero-order valence-corrected chi connectivity index (χ0v) is 14.6. The number of carbonyl (C=O) groups excluding carboxylic acids is 1. The van der Waals surface area contributed by atoms with Gasteiger partial charge >= 0.3 is 0 Å². The van der Waals surface area contributed by atoms with Gasteiger partial charge < -0.3 is 20.5 Å². The maximum absolute atomic E-state index is 12.3. The van der Waals surface area contributed by atoms with E-state index in [0.29, 0.717) is 32.7 Å². The van der Waals surface area contributed by atoms with Crippen LogP contribution in [-0.4, -0.2) is 49.5 Å². The van der Waals surface area contributed by atoms with Crippen LogP contribution in [0, 0.1) is 0 Å². The molecule has 5 nitrogen and oxygen atoms in total. The summed E-state index contributed by atoms with van der Waals surface area (Å²) < 4.78 is 6.58. The number of nitrogens with one attached hydrogen (secondary N) is 2. The van der Waals surface area contributed by atoms with Crippen molar-refractivity contribution in [1.82, 2.24) is 10.6 Å². The molecule has 1 aromatic carbocycles. The van der Waals surface area contributed by atoms with Gasteiger partial charge in [0.1, 0.15) is 0 Å². The highest BCUT2D eigenvalue weighted by Crippen LogP contribution is 2.35. The predicted molar refractivity (Wildman–Crippen MR) is 91.3 cm³/mol. The lowest BCUT2D eigenvalue weighted by atomic mass is 9.74. The molecule has 2 unspecified atom stereocenters. The number of aliphatic hydroxyl groups excluding tert-OH is 1. The summed E-state index contributed by atoms with van der Waals surface area (Å²) in [4.78, 5) is 12.3. The normalized spacial score (nSPS) is 26.9. The second-order valence-corrected chi connectivity index (χ2v) is 7.39. The first kappa shape index (κ1) is 16.9. The molecule has 126 valence electrons. The van der Waals surface area contributed by atoms with Crippen molar-refractivity contribution in [1.29, 1.82) is 0 Å².